The van der Waals surface area contributed by atoms with Crippen molar-refractivity contribution in [3.8, 4) is 0 Å². The van der Waals surface area contributed by atoms with Crippen LogP contribution in [0.25, 0.3) is 21.7 Å². The van der Waals surface area contributed by atoms with Crippen LogP contribution >= 0.6 is 0 Å². The van der Waals surface area contributed by atoms with Gasteiger partial charge in [-0.15, -0.1) is 0 Å². The lowest BCUT2D eigenvalue weighted by Crippen LogP contribution is -2.08. The summed E-state index contributed by atoms with van der Waals surface area (Å²) in [4.78, 5) is 14.7. The van der Waals surface area contributed by atoms with Crippen molar-refractivity contribution in [3.05, 3.63) is 52.8 Å². The number of fused-ring (bicyclic) bond motifs is 3. The Morgan fingerprint density at radius 1 is 0.938 bits per heavy atom. The average Bonchev–Trinajstić information content (AvgIpc) is 2.29. The first-order valence-electron chi connectivity index (χ1n) is 5.06. The summed E-state index contributed by atoms with van der Waals surface area (Å²) in [5.41, 5.74) is 7.05. The lowest BCUT2D eigenvalue weighted by Gasteiger charge is -2.04. The summed E-state index contributed by atoms with van der Waals surface area (Å²) in [5.74, 6) is 0. The third-order valence-electron chi connectivity index (χ3n) is 2.79. The number of para-hydroxylation sites is 1. The van der Waals surface area contributed by atoms with E-state index in [9.17, 15) is 4.79 Å². The highest BCUT2D eigenvalue weighted by Crippen LogP contribution is 2.24. The summed E-state index contributed by atoms with van der Waals surface area (Å²) in [7, 11) is 0. The Morgan fingerprint density at radius 2 is 1.69 bits per heavy atom. The topological polar surface area (TPSA) is 58.9 Å². The van der Waals surface area contributed by atoms with Crippen molar-refractivity contribution in [2.24, 2.45) is 0 Å². The predicted octanol–water partition coefficient (Wildman–Crippen LogP) is 2.26. The second-order valence-corrected chi connectivity index (χ2v) is 3.77. The van der Waals surface area contributed by atoms with Gasteiger partial charge in [0, 0.05) is 16.6 Å². The van der Waals surface area contributed by atoms with Gasteiger partial charge < -0.3 is 10.7 Å². The molecule has 0 aliphatic heterocycles. The van der Waals surface area contributed by atoms with Gasteiger partial charge in [0.25, 0.3) is 5.56 Å². The van der Waals surface area contributed by atoms with Gasteiger partial charge in [0.2, 0.25) is 0 Å². The molecule has 3 heteroatoms. The standard InChI is InChI=1S/C13H10N2O/c14-10-6-3-5-9-8-4-1-2-7-11(8)15-13(16)12(9)10/h1-7H,14H2,(H,15,16). The maximum atomic E-state index is 11.9. The number of aromatic nitrogens is 1. The maximum Gasteiger partial charge on any atom is 0.258 e. The van der Waals surface area contributed by atoms with Crippen molar-refractivity contribution >= 4 is 27.4 Å². The highest BCUT2D eigenvalue weighted by molar-refractivity contribution is 6.08. The molecular formula is C13H10N2O. The van der Waals surface area contributed by atoms with E-state index in [4.69, 9.17) is 5.73 Å². The van der Waals surface area contributed by atoms with Gasteiger partial charge in [-0.25, -0.2) is 0 Å². The Labute approximate surface area is 91.5 Å². The molecule has 16 heavy (non-hydrogen) atoms. The van der Waals surface area contributed by atoms with E-state index < -0.39 is 0 Å². The van der Waals surface area contributed by atoms with Gasteiger partial charge in [0.15, 0.2) is 0 Å². The number of nitrogen functional groups attached to an aromatic ring is 1. The molecule has 0 amide bonds. The van der Waals surface area contributed by atoms with Crippen LogP contribution in [0, 0.1) is 0 Å². The minimum atomic E-state index is -0.133. The van der Waals surface area contributed by atoms with E-state index in [2.05, 4.69) is 4.98 Å². The van der Waals surface area contributed by atoms with Crippen molar-refractivity contribution in [2.75, 3.05) is 5.73 Å². The Hall–Kier alpha value is -2.29. The number of hydrogen-bond acceptors (Lipinski definition) is 2. The zero-order valence-electron chi connectivity index (χ0n) is 8.53. The molecule has 0 spiro atoms. The van der Waals surface area contributed by atoms with Crippen LogP contribution in [0.3, 0.4) is 0 Å². The van der Waals surface area contributed by atoms with Crippen molar-refractivity contribution in [2.45, 2.75) is 0 Å². The third kappa shape index (κ3) is 1.11. The van der Waals surface area contributed by atoms with Crippen LogP contribution in [0.15, 0.2) is 47.3 Å². The average molecular weight is 210 g/mol. The van der Waals surface area contributed by atoms with Crippen molar-refractivity contribution < 1.29 is 0 Å². The summed E-state index contributed by atoms with van der Waals surface area (Å²) in [6, 6.07) is 13.2. The quantitative estimate of drug-likeness (QED) is 0.441. The number of nitrogens with one attached hydrogen (secondary N) is 1. The van der Waals surface area contributed by atoms with Crippen LogP contribution in [0.1, 0.15) is 0 Å². The largest absolute Gasteiger partial charge is 0.398 e. The van der Waals surface area contributed by atoms with Gasteiger partial charge in [0.1, 0.15) is 0 Å². The van der Waals surface area contributed by atoms with E-state index in [-0.39, 0.29) is 5.56 Å². The molecule has 0 radical (unpaired) electrons. The van der Waals surface area contributed by atoms with Crippen molar-refractivity contribution in [1.82, 2.24) is 4.98 Å². The second-order valence-electron chi connectivity index (χ2n) is 3.77. The summed E-state index contributed by atoms with van der Waals surface area (Å²) in [6.07, 6.45) is 0. The Kier molecular flexibility index (Phi) is 1.74. The first-order chi connectivity index (χ1) is 7.77. The first-order valence-corrected chi connectivity index (χ1v) is 5.06. The van der Waals surface area contributed by atoms with E-state index in [0.29, 0.717) is 11.1 Å². The number of benzene rings is 2. The monoisotopic (exact) mass is 210 g/mol. The fourth-order valence-electron chi connectivity index (χ4n) is 2.06. The molecule has 3 nitrogen and oxygen atoms in total. The molecule has 3 aromatic rings. The van der Waals surface area contributed by atoms with Crippen LogP contribution in [0.4, 0.5) is 5.69 Å². The molecule has 3 rings (SSSR count). The summed E-state index contributed by atoms with van der Waals surface area (Å²) in [6.45, 7) is 0. The molecule has 2 aromatic carbocycles. The van der Waals surface area contributed by atoms with Crippen LogP contribution in [-0.4, -0.2) is 4.98 Å². The van der Waals surface area contributed by atoms with E-state index in [1.54, 1.807) is 6.07 Å². The zero-order chi connectivity index (χ0) is 11.1. The molecule has 0 fully saturated rings. The number of H-pyrrole nitrogens is 1. The normalized spacial score (nSPS) is 11.0. The fraction of sp³-hybridized carbons (Fsp3) is 0. The summed E-state index contributed by atoms with van der Waals surface area (Å²) < 4.78 is 0. The van der Waals surface area contributed by atoms with Crippen molar-refractivity contribution in [3.63, 3.8) is 0 Å². The molecule has 0 atom stereocenters. The highest BCUT2D eigenvalue weighted by atomic mass is 16.1. The second kappa shape index (κ2) is 3.10. The minimum Gasteiger partial charge on any atom is -0.398 e. The van der Waals surface area contributed by atoms with Crippen LogP contribution in [0.2, 0.25) is 0 Å². The maximum absolute atomic E-state index is 11.9. The molecule has 1 aromatic heterocycles. The number of pyridine rings is 1. The molecule has 0 bridgehead atoms. The molecule has 0 saturated heterocycles. The number of aromatic amines is 1. The molecule has 0 unspecified atom stereocenters. The van der Waals surface area contributed by atoms with E-state index >= 15 is 0 Å². The molecule has 0 aliphatic carbocycles. The summed E-state index contributed by atoms with van der Waals surface area (Å²) >= 11 is 0. The molecule has 1 heterocycles. The molecule has 3 N–H and O–H groups in total. The Bertz CT molecular complexity index is 744. The van der Waals surface area contributed by atoms with E-state index in [0.717, 1.165) is 16.3 Å². The van der Waals surface area contributed by atoms with Gasteiger partial charge in [-0.3, -0.25) is 4.79 Å². The number of anilines is 1. The molecule has 0 aliphatic rings. The van der Waals surface area contributed by atoms with Gasteiger partial charge in [-0.2, -0.15) is 0 Å². The van der Waals surface area contributed by atoms with Gasteiger partial charge in [-0.1, -0.05) is 30.3 Å². The number of rotatable bonds is 0. The van der Waals surface area contributed by atoms with Gasteiger partial charge in [0.05, 0.1) is 5.39 Å². The summed E-state index contributed by atoms with van der Waals surface area (Å²) in [5, 5.41) is 2.49. The fourth-order valence-corrected chi connectivity index (χ4v) is 2.06. The zero-order valence-corrected chi connectivity index (χ0v) is 8.53. The van der Waals surface area contributed by atoms with Crippen molar-refractivity contribution in [1.29, 1.82) is 0 Å². The van der Waals surface area contributed by atoms with Crippen LogP contribution in [0.5, 0.6) is 0 Å². The molecule has 78 valence electrons. The van der Waals surface area contributed by atoms with Crippen LogP contribution in [-0.2, 0) is 0 Å². The number of hydrogen-bond donors (Lipinski definition) is 2. The smallest absolute Gasteiger partial charge is 0.258 e. The first kappa shape index (κ1) is 8.97. The lowest BCUT2D eigenvalue weighted by molar-refractivity contribution is 1.34. The number of nitrogens with two attached hydrogens (primary N) is 1. The Balaban J connectivity index is 2.71. The van der Waals surface area contributed by atoms with E-state index in [1.807, 2.05) is 36.4 Å². The molecular weight excluding hydrogens is 200 g/mol. The van der Waals surface area contributed by atoms with E-state index in [1.165, 1.54) is 0 Å². The van der Waals surface area contributed by atoms with Crippen LogP contribution < -0.4 is 11.3 Å². The lowest BCUT2D eigenvalue weighted by atomic mass is 10.1. The molecule has 0 saturated carbocycles. The third-order valence-corrected chi connectivity index (χ3v) is 2.79. The van der Waals surface area contributed by atoms with Gasteiger partial charge >= 0.3 is 0 Å². The SMILES string of the molecule is Nc1cccc2c1c(=O)[nH]c1ccccc12. The highest BCUT2D eigenvalue weighted by Gasteiger charge is 2.06. The predicted molar refractivity (Wildman–Crippen MR) is 66.5 cm³/mol. The minimum absolute atomic E-state index is 0.133. The van der Waals surface area contributed by atoms with Gasteiger partial charge in [-0.05, 0) is 17.5 Å². The Morgan fingerprint density at radius 3 is 2.56 bits per heavy atom.